The third kappa shape index (κ3) is 5.25. The van der Waals surface area contributed by atoms with E-state index in [4.69, 9.17) is 10.5 Å². The first-order valence-corrected chi connectivity index (χ1v) is 12.5. The zero-order chi connectivity index (χ0) is 24.0. The van der Waals surface area contributed by atoms with Gasteiger partial charge in [0.1, 0.15) is 11.6 Å². The van der Waals surface area contributed by atoms with Gasteiger partial charge in [-0.2, -0.15) is 14.4 Å². The first-order valence-electron chi connectivity index (χ1n) is 10.9. The lowest BCUT2D eigenvalue weighted by Gasteiger charge is -2.20. The van der Waals surface area contributed by atoms with Crippen molar-refractivity contribution in [2.24, 2.45) is 0 Å². The second-order valence-electron chi connectivity index (χ2n) is 9.42. The Bertz CT molecular complexity index is 1310. The van der Waals surface area contributed by atoms with E-state index in [9.17, 15) is 12.8 Å². The Morgan fingerprint density at radius 2 is 2.00 bits per heavy atom. The molecule has 1 aliphatic heterocycles. The number of aromatic nitrogens is 4. The fourth-order valence-electron chi connectivity index (χ4n) is 4.09. The van der Waals surface area contributed by atoms with Gasteiger partial charge in [0.05, 0.1) is 12.4 Å². The van der Waals surface area contributed by atoms with Crippen molar-refractivity contribution in [3.05, 3.63) is 40.7 Å². The van der Waals surface area contributed by atoms with E-state index < -0.39 is 21.6 Å². The molecule has 3 aromatic rings. The molecule has 9 nitrogen and oxygen atoms in total. The zero-order valence-electron chi connectivity index (χ0n) is 19.3. The van der Waals surface area contributed by atoms with E-state index in [0.717, 1.165) is 23.3 Å². The van der Waals surface area contributed by atoms with Crippen LogP contribution in [-0.4, -0.2) is 45.8 Å². The highest BCUT2D eigenvalue weighted by Gasteiger charge is 2.22. The van der Waals surface area contributed by atoms with Gasteiger partial charge in [-0.15, -0.1) is 0 Å². The predicted octanol–water partition coefficient (Wildman–Crippen LogP) is 2.49. The van der Waals surface area contributed by atoms with E-state index in [1.165, 1.54) is 5.56 Å². The average molecular weight is 477 g/mol. The molecular formula is C22H29FN6O3S. The van der Waals surface area contributed by atoms with Crippen LogP contribution in [0.1, 0.15) is 49.7 Å². The standard InChI is InChI=1S/C22H29FN6O3S/c1-13-10-14-6-8-32-16(14)11-15(13)12-17-25-18-19(24)26-21(23)27-20(18)29(17)7-5-9-33(30,31)28-22(2,3)4/h10-11,28H,5-9,12H2,1-4H3,(H2,24,26,27). The molecule has 33 heavy (non-hydrogen) atoms. The van der Waals surface area contributed by atoms with Crippen LogP contribution in [0.25, 0.3) is 11.2 Å². The minimum absolute atomic E-state index is 0.0477. The molecule has 0 fully saturated rings. The molecule has 1 aliphatic rings. The molecule has 0 saturated heterocycles. The summed E-state index contributed by atoms with van der Waals surface area (Å²) in [5, 5.41) is 0. The van der Waals surface area contributed by atoms with Crippen LogP contribution < -0.4 is 15.2 Å². The maximum atomic E-state index is 14.0. The molecule has 0 spiro atoms. The Balaban J connectivity index is 1.66. The van der Waals surface area contributed by atoms with Crippen LogP contribution in [0.5, 0.6) is 5.75 Å². The Morgan fingerprint density at radius 1 is 1.24 bits per heavy atom. The van der Waals surface area contributed by atoms with E-state index in [1.807, 2.05) is 13.0 Å². The normalized spacial score (nSPS) is 14.0. The van der Waals surface area contributed by atoms with Crippen molar-refractivity contribution in [1.29, 1.82) is 0 Å². The average Bonchev–Trinajstić information content (AvgIpc) is 3.25. The number of nitrogens with one attached hydrogen (secondary N) is 1. The second kappa shape index (κ2) is 8.53. The number of rotatable bonds is 7. The van der Waals surface area contributed by atoms with E-state index >= 15 is 0 Å². The molecule has 2 aromatic heterocycles. The van der Waals surface area contributed by atoms with Gasteiger partial charge in [-0.25, -0.2) is 18.1 Å². The van der Waals surface area contributed by atoms with Crippen LogP contribution >= 0.6 is 0 Å². The smallest absolute Gasteiger partial charge is 0.312 e. The van der Waals surface area contributed by atoms with E-state index in [0.29, 0.717) is 30.8 Å². The van der Waals surface area contributed by atoms with Gasteiger partial charge in [0.15, 0.2) is 17.0 Å². The molecule has 1 aromatic carbocycles. The molecule has 0 bridgehead atoms. The third-order valence-electron chi connectivity index (χ3n) is 5.43. The van der Waals surface area contributed by atoms with Crippen LogP contribution in [0.4, 0.5) is 10.2 Å². The van der Waals surface area contributed by atoms with Crippen LogP contribution in [0.2, 0.25) is 0 Å². The Morgan fingerprint density at radius 3 is 2.73 bits per heavy atom. The molecule has 0 amide bonds. The second-order valence-corrected chi connectivity index (χ2v) is 11.3. The Kier molecular flexibility index (Phi) is 6.04. The summed E-state index contributed by atoms with van der Waals surface area (Å²) in [7, 11) is -3.48. The molecule has 3 heterocycles. The number of ether oxygens (including phenoxy) is 1. The Labute approximate surface area is 192 Å². The number of halogens is 1. The summed E-state index contributed by atoms with van der Waals surface area (Å²) in [5.74, 6) is 1.34. The molecule has 0 aliphatic carbocycles. The van der Waals surface area contributed by atoms with Gasteiger partial charge in [0.2, 0.25) is 10.0 Å². The highest BCUT2D eigenvalue weighted by Crippen LogP contribution is 2.30. The predicted molar refractivity (Wildman–Crippen MR) is 124 cm³/mol. The summed E-state index contributed by atoms with van der Waals surface area (Å²) in [6.07, 6.45) is 0.670. The largest absolute Gasteiger partial charge is 0.493 e. The van der Waals surface area contributed by atoms with Gasteiger partial charge in [-0.3, -0.25) is 0 Å². The SMILES string of the molecule is Cc1cc2c(cc1Cc1nc3c(N)nc(F)nc3n1CCCS(=O)(=O)NC(C)(C)C)OCC2. The highest BCUT2D eigenvalue weighted by atomic mass is 32.2. The van der Waals surface area contributed by atoms with Crippen LogP contribution in [0.3, 0.4) is 0 Å². The van der Waals surface area contributed by atoms with Crippen molar-refractivity contribution < 1.29 is 17.5 Å². The van der Waals surface area contributed by atoms with Crippen molar-refractivity contribution in [1.82, 2.24) is 24.2 Å². The number of hydrogen-bond acceptors (Lipinski definition) is 7. The maximum Gasteiger partial charge on any atom is 0.312 e. The first-order chi connectivity index (χ1) is 15.4. The lowest BCUT2D eigenvalue weighted by molar-refractivity contribution is 0.356. The number of imidazole rings is 1. The highest BCUT2D eigenvalue weighted by molar-refractivity contribution is 7.89. The van der Waals surface area contributed by atoms with Crippen molar-refractivity contribution in [2.45, 2.75) is 59.0 Å². The minimum atomic E-state index is -3.48. The molecule has 178 valence electrons. The monoisotopic (exact) mass is 476 g/mol. The lowest BCUT2D eigenvalue weighted by Crippen LogP contribution is -2.41. The van der Waals surface area contributed by atoms with Gasteiger partial charge in [0, 0.05) is 24.9 Å². The summed E-state index contributed by atoms with van der Waals surface area (Å²) < 4.78 is 48.9. The number of nitrogens with zero attached hydrogens (tertiary/aromatic N) is 4. The number of hydrogen-bond donors (Lipinski definition) is 2. The number of nitrogen functional groups attached to an aromatic ring is 1. The van der Waals surface area contributed by atoms with Gasteiger partial charge in [-0.05, 0) is 56.9 Å². The van der Waals surface area contributed by atoms with Crippen molar-refractivity contribution in [3.63, 3.8) is 0 Å². The van der Waals surface area contributed by atoms with Crippen molar-refractivity contribution in [3.8, 4) is 5.75 Å². The number of nitrogens with two attached hydrogens (primary N) is 1. The first kappa shape index (κ1) is 23.4. The van der Waals surface area contributed by atoms with Gasteiger partial charge < -0.3 is 15.0 Å². The minimum Gasteiger partial charge on any atom is -0.493 e. The van der Waals surface area contributed by atoms with Gasteiger partial charge in [0.25, 0.3) is 0 Å². The summed E-state index contributed by atoms with van der Waals surface area (Å²) in [6.45, 7) is 8.34. The number of fused-ring (bicyclic) bond motifs is 2. The van der Waals surface area contributed by atoms with Crippen LogP contribution in [0.15, 0.2) is 12.1 Å². The fourth-order valence-corrected chi connectivity index (χ4v) is 5.64. The topological polar surface area (TPSA) is 125 Å². The number of anilines is 1. The molecule has 0 radical (unpaired) electrons. The van der Waals surface area contributed by atoms with Gasteiger partial charge >= 0.3 is 6.08 Å². The molecule has 11 heteroatoms. The summed E-state index contributed by atoms with van der Waals surface area (Å²) >= 11 is 0. The molecule has 0 saturated carbocycles. The summed E-state index contributed by atoms with van der Waals surface area (Å²) in [5.41, 5.74) is 9.20. The van der Waals surface area contributed by atoms with Gasteiger partial charge in [-0.1, -0.05) is 6.07 Å². The Hall–Kier alpha value is -2.79. The van der Waals surface area contributed by atoms with E-state index in [2.05, 4.69) is 25.7 Å². The number of sulfonamides is 1. The maximum absolute atomic E-state index is 14.0. The summed E-state index contributed by atoms with van der Waals surface area (Å²) in [4.78, 5) is 12.1. The van der Waals surface area contributed by atoms with Crippen molar-refractivity contribution >= 4 is 27.0 Å². The number of aryl methyl sites for hydroxylation is 2. The third-order valence-corrected chi connectivity index (χ3v) is 7.18. The van der Waals surface area contributed by atoms with E-state index in [-0.39, 0.29) is 23.8 Å². The number of benzene rings is 1. The van der Waals surface area contributed by atoms with Crippen molar-refractivity contribution in [2.75, 3.05) is 18.1 Å². The molecular weight excluding hydrogens is 447 g/mol. The van der Waals surface area contributed by atoms with Crippen LogP contribution in [-0.2, 0) is 29.4 Å². The summed E-state index contributed by atoms with van der Waals surface area (Å²) in [6, 6.07) is 4.12. The molecule has 3 N–H and O–H groups in total. The molecule has 4 rings (SSSR count). The quantitative estimate of drug-likeness (QED) is 0.502. The lowest BCUT2D eigenvalue weighted by atomic mass is 10.0. The van der Waals surface area contributed by atoms with E-state index in [1.54, 1.807) is 25.3 Å². The molecule has 0 unspecified atom stereocenters. The van der Waals surface area contributed by atoms with Crippen LogP contribution in [0, 0.1) is 13.0 Å². The fraction of sp³-hybridized carbons (Fsp3) is 0.500. The zero-order valence-corrected chi connectivity index (χ0v) is 20.1. The molecule has 0 atom stereocenters.